The van der Waals surface area contributed by atoms with E-state index in [1.165, 1.54) is 16.7 Å². The summed E-state index contributed by atoms with van der Waals surface area (Å²) in [4.78, 5) is 19.4. The van der Waals surface area contributed by atoms with Crippen LogP contribution in [0.5, 0.6) is 0 Å². The van der Waals surface area contributed by atoms with Crippen LogP contribution in [0.2, 0.25) is 0 Å². The van der Waals surface area contributed by atoms with Gasteiger partial charge in [0.25, 0.3) is 5.91 Å². The second-order valence-electron chi connectivity index (χ2n) is 7.09. The average Bonchev–Trinajstić information content (AvgIpc) is 3.42. The van der Waals surface area contributed by atoms with Crippen LogP contribution < -0.4 is 0 Å². The summed E-state index contributed by atoms with van der Waals surface area (Å²) in [5, 5.41) is 3.91. The Balaban J connectivity index is 1.35. The standard InChI is InChI=1S/C20H21N3O3S/c1-22-16-5-3-2-4-14(16)12-17(22)18-21-15(13-27-18)19(24)23-8-6-20(7-9-23)25-10-11-26-20/h2-5,12-13H,6-11H2,1H3. The Morgan fingerprint density at radius 2 is 1.93 bits per heavy atom. The van der Waals surface area contributed by atoms with Gasteiger partial charge in [0.1, 0.15) is 10.7 Å². The zero-order valence-corrected chi connectivity index (χ0v) is 16.0. The molecule has 0 radical (unpaired) electrons. The van der Waals surface area contributed by atoms with E-state index in [9.17, 15) is 4.79 Å². The molecule has 27 heavy (non-hydrogen) atoms. The number of likely N-dealkylation sites (tertiary alicyclic amines) is 1. The zero-order valence-electron chi connectivity index (χ0n) is 15.2. The average molecular weight is 383 g/mol. The smallest absolute Gasteiger partial charge is 0.273 e. The Bertz CT molecular complexity index is 993. The van der Waals surface area contributed by atoms with Gasteiger partial charge in [0, 0.05) is 49.3 Å². The van der Waals surface area contributed by atoms with E-state index in [1.54, 1.807) is 0 Å². The first-order valence-corrected chi connectivity index (χ1v) is 10.1. The molecule has 1 aromatic carbocycles. The summed E-state index contributed by atoms with van der Waals surface area (Å²) >= 11 is 1.51. The molecule has 0 unspecified atom stereocenters. The molecule has 0 aliphatic carbocycles. The molecular formula is C20H21N3O3S. The van der Waals surface area contributed by atoms with Crippen molar-refractivity contribution in [2.45, 2.75) is 18.6 Å². The zero-order chi connectivity index (χ0) is 18.4. The van der Waals surface area contributed by atoms with Crippen LogP contribution in [-0.4, -0.2) is 52.4 Å². The van der Waals surface area contributed by atoms with E-state index in [2.05, 4.69) is 27.8 Å². The van der Waals surface area contributed by atoms with Crippen molar-refractivity contribution in [3.8, 4) is 10.7 Å². The Kier molecular flexibility index (Phi) is 4.03. The summed E-state index contributed by atoms with van der Waals surface area (Å²) in [6.45, 7) is 2.57. The number of piperidine rings is 1. The first-order chi connectivity index (χ1) is 13.2. The lowest BCUT2D eigenvalue weighted by Crippen LogP contribution is -2.47. The molecule has 2 aromatic heterocycles. The summed E-state index contributed by atoms with van der Waals surface area (Å²) in [5.74, 6) is -0.475. The van der Waals surface area contributed by atoms with Gasteiger partial charge in [0.2, 0.25) is 0 Å². The maximum Gasteiger partial charge on any atom is 0.273 e. The van der Waals surface area contributed by atoms with E-state index >= 15 is 0 Å². The number of aromatic nitrogens is 2. The lowest BCUT2D eigenvalue weighted by molar-refractivity contribution is -0.181. The first kappa shape index (κ1) is 16.9. The van der Waals surface area contributed by atoms with Gasteiger partial charge < -0.3 is 18.9 Å². The third kappa shape index (κ3) is 2.86. The van der Waals surface area contributed by atoms with Crippen LogP contribution in [0.25, 0.3) is 21.6 Å². The van der Waals surface area contributed by atoms with Crippen molar-refractivity contribution in [2.24, 2.45) is 7.05 Å². The summed E-state index contributed by atoms with van der Waals surface area (Å²) in [6, 6.07) is 10.4. The molecule has 2 aliphatic rings. The summed E-state index contributed by atoms with van der Waals surface area (Å²) < 4.78 is 13.6. The normalized spacial score (nSPS) is 19.2. The third-order valence-electron chi connectivity index (χ3n) is 5.52. The molecular weight excluding hydrogens is 362 g/mol. The van der Waals surface area contributed by atoms with E-state index in [1.807, 2.05) is 29.5 Å². The Morgan fingerprint density at radius 1 is 1.19 bits per heavy atom. The van der Waals surface area contributed by atoms with E-state index in [4.69, 9.17) is 9.47 Å². The van der Waals surface area contributed by atoms with Crippen LogP contribution in [0.15, 0.2) is 35.7 Å². The number of hydrogen-bond acceptors (Lipinski definition) is 5. The Hall–Kier alpha value is -2.22. The predicted octanol–water partition coefficient (Wildman–Crippen LogP) is 3.28. The second kappa shape index (κ2) is 6.44. The van der Waals surface area contributed by atoms with Gasteiger partial charge in [0.05, 0.1) is 18.9 Å². The van der Waals surface area contributed by atoms with Crippen molar-refractivity contribution >= 4 is 28.1 Å². The van der Waals surface area contributed by atoms with Gasteiger partial charge in [-0.3, -0.25) is 4.79 Å². The monoisotopic (exact) mass is 383 g/mol. The fourth-order valence-electron chi connectivity index (χ4n) is 3.98. The minimum absolute atomic E-state index is 0.0101. The van der Waals surface area contributed by atoms with Crippen LogP contribution in [0.1, 0.15) is 23.3 Å². The fraction of sp³-hybridized carbons (Fsp3) is 0.400. The molecule has 2 fully saturated rings. The van der Waals surface area contributed by atoms with Crippen LogP contribution in [-0.2, 0) is 16.5 Å². The molecule has 0 N–H and O–H groups in total. The number of thiazole rings is 1. The van der Waals surface area contributed by atoms with Crippen molar-refractivity contribution < 1.29 is 14.3 Å². The Labute approximate surface area is 161 Å². The quantitative estimate of drug-likeness (QED) is 0.681. The first-order valence-electron chi connectivity index (χ1n) is 9.23. The lowest BCUT2D eigenvalue weighted by atomic mass is 10.0. The van der Waals surface area contributed by atoms with Gasteiger partial charge in [0.15, 0.2) is 5.79 Å². The number of aryl methyl sites for hydroxylation is 1. The summed E-state index contributed by atoms with van der Waals surface area (Å²) in [6.07, 6.45) is 1.44. The van der Waals surface area contributed by atoms with Crippen molar-refractivity contribution in [2.75, 3.05) is 26.3 Å². The number of rotatable bonds is 2. The van der Waals surface area contributed by atoms with E-state index in [-0.39, 0.29) is 5.91 Å². The Morgan fingerprint density at radius 3 is 2.67 bits per heavy atom. The summed E-state index contributed by atoms with van der Waals surface area (Å²) in [7, 11) is 2.03. The molecule has 7 heteroatoms. The van der Waals surface area contributed by atoms with Crippen LogP contribution in [0.3, 0.4) is 0 Å². The van der Waals surface area contributed by atoms with Gasteiger partial charge in [-0.05, 0) is 12.1 Å². The second-order valence-corrected chi connectivity index (χ2v) is 7.94. The van der Waals surface area contributed by atoms with E-state index in [0.717, 1.165) is 29.1 Å². The highest BCUT2D eigenvalue weighted by atomic mass is 32.1. The largest absolute Gasteiger partial charge is 0.347 e. The number of fused-ring (bicyclic) bond motifs is 1. The highest BCUT2D eigenvalue weighted by Gasteiger charge is 2.41. The maximum absolute atomic E-state index is 12.9. The number of benzene rings is 1. The van der Waals surface area contributed by atoms with E-state index in [0.29, 0.717) is 32.0 Å². The number of ether oxygens (including phenoxy) is 2. The van der Waals surface area contributed by atoms with Crippen molar-refractivity contribution in [3.63, 3.8) is 0 Å². The fourth-order valence-corrected chi connectivity index (χ4v) is 4.83. The number of carbonyl (C=O) groups excluding carboxylic acids is 1. The molecule has 1 amide bonds. The van der Waals surface area contributed by atoms with Crippen LogP contribution >= 0.6 is 11.3 Å². The van der Waals surface area contributed by atoms with Gasteiger partial charge in [-0.1, -0.05) is 18.2 Å². The molecule has 2 saturated heterocycles. The third-order valence-corrected chi connectivity index (χ3v) is 6.38. The minimum Gasteiger partial charge on any atom is -0.347 e. The number of para-hydroxylation sites is 1. The van der Waals surface area contributed by atoms with Crippen molar-refractivity contribution in [1.29, 1.82) is 0 Å². The van der Waals surface area contributed by atoms with Gasteiger partial charge >= 0.3 is 0 Å². The molecule has 0 atom stereocenters. The molecule has 5 rings (SSSR count). The SMILES string of the molecule is Cn1c(-c2nc(C(=O)N3CCC4(CC3)OCCO4)cs2)cc2ccccc21. The van der Waals surface area contributed by atoms with Crippen LogP contribution in [0.4, 0.5) is 0 Å². The van der Waals surface area contributed by atoms with Gasteiger partial charge in [-0.2, -0.15) is 0 Å². The van der Waals surface area contributed by atoms with Crippen molar-refractivity contribution in [1.82, 2.24) is 14.5 Å². The lowest BCUT2D eigenvalue weighted by Gasteiger charge is -2.37. The molecule has 140 valence electrons. The number of carbonyl (C=O) groups is 1. The van der Waals surface area contributed by atoms with Gasteiger partial charge in [-0.25, -0.2) is 4.98 Å². The topological polar surface area (TPSA) is 56.6 Å². The number of amides is 1. The van der Waals surface area contributed by atoms with Crippen LogP contribution in [0, 0.1) is 0 Å². The highest BCUT2D eigenvalue weighted by Crippen LogP contribution is 2.33. The molecule has 0 bridgehead atoms. The summed E-state index contributed by atoms with van der Waals surface area (Å²) in [5.41, 5.74) is 2.71. The molecule has 4 heterocycles. The molecule has 6 nitrogen and oxygen atoms in total. The molecule has 0 saturated carbocycles. The maximum atomic E-state index is 12.9. The van der Waals surface area contributed by atoms with Crippen molar-refractivity contribution in [3.05, 3.63) is 41.4 Å². The minimum atomic E-state index is -0.465. The van der Waals surface area contributed by atoms with Gasteiger partial charge in [-0.15, -0.1) is 11.3 Å². The number of hydrogen-bond donors (Lipinski definition) is 0. The predicted molar refractivity (Wildman–Crippen MR) is 104 cm³/mol. The molecule has 3 aromatic rings. The molecule has 2 aliphatic heterocycles. The molecule has 1 spiro atoms. The van der Waals surface area contributed by atoms with E-state index < -0.39 is 5.79 Å². The number of nitrogens with zero attached hydrogens (tertiary/aromatic N) is 3. The highest BCUT2D eigenvalue weighted by molar-refractivity contribution is 7.13.